The first-order valence-electron chi connectivity index (χ1n) is 5.12. The molecule has 0 aliphatic heterocycles. The molecular weight excluding hydrogens is 273 g/mol. The molecule has 0 aliphatic rings. The third-order valence-corrected chi connectivity index (χ3v) is 2.94. The zero-order valence-electron chi connectivity index (χ0n) is 9.48. The van der Waals surface area contributed by atoms with Gasteiger partial charge in [-0.15, -0.1) is 0 Å². The van der Waals surface area contributed by atoms with Gasteiger partial charge in [0.05, 0.1) is 17.8 Å². The number of hydrogen-bond acceptors (Lipinski definition) is 3. The van der Waals surface area contributed by atoms with Gasteiger partial charge >= 0.3 is 5.97 Å². The molecule has 0 N–H and O–H groups in total. The Morgan fingerprint density at radius 3 is 2.72 bits per heavy atom. The molecule has 0 fully saturated rings. The summed E-state index contributed by atoms with van der Waals surface area (Å²) in [4.78, 5) is 15.9. The van der Waals surface area contributed by atoms with Gasteiger partial charge in [-0.3, -0.25) is 4.98 Å². The minimum atomic E-state index is -0.525. The number of aromatic nitrogens is 1. The summed E-state index contributed by atoms with van der Waals surface area (Å²) in [7, 11) is 1.30. The van der Waals surface area contributed by atoms with E-state index in [9.17, 15) is 4.79 Å². The van der Waals surface area contributed by atoms with Gasteiger partial charge < -0.3 is 4.74 Å². The van der Waals surface area contributed by atoms with Crippen LogP contribution in [-0.2, 0) is 4.74 Å². The number of carbonyl (C=O) groups is 1. The van der Waals surface area contributed by atoms with Crippen LogP contribution in [-0.4, -0.2) is 18.1 Å². The number of hydrogen-bond donors (Lipinski definition) is 0. The molecule has 18 heavy (non-hydrogen) atoms. The summed E-state index contributed by atoms with van der Waals surface area (Å²) in [6, 6.07) is 8.58. The van der Waals surface area contributed by atoms with Gasteiger partial charge in [0.1, 0.15) is 5.56 Å². The van der Waals surface area contributed by atoms with Crippen molar-refractivity contribution in [3.05, 3.63) is 52.1 Å². The Hall–Kier alpha value is -1.58. The lowest BCUT2D eigenvalue weighted by Gasteiger charge is -2.08. The van der Waals surface area contributed by atoms with Crippen LogP contribution in [0.3, 0.4) is 0 Å². The molecule has 0 bridgehead atoms. The lowest BCUT2D eigenvalue weighted by Crippen LogP contribution is -2.06. The third-order valence-electron chi connectivity index (χ3n) is 2.39. The summed E-state index contributed by atoms with van der Waals surface area (Å²) in [5.41, 5.74) is 1.41. The molecule has 92 valence electrons. The van der Waals surface area contributed by atoms with Gasteiger partial charge in [0.25, 0.3) is 0 Å². The van der Waals surface area contributed by atoms with Gasteiger partial charge in [0.15, 0.2) is 0 Å². The number of pyridine rings is 1. The van der Waals surface area contributed by atoms with Crippen LogP contribution in [0.2, 0.25) is 10.0 Å². The van der Waals surface area contributed by atoms with Gasteiger partial charge in [-0.25, -0.2) is 4.79 Å². The molecule has 0 saturated heterocycles. The van der Waals surface area contributed by atoms with Crippen molar-refractivity contribution in [3.8, 4) is 11.3 Å². The molecule has 0 saturated carbocycles. The predicted molar refractivity (Wildman–Crippen MR) is 71.0 cm³/mol. The summed E-state index contributed by atoms with van der Waals surface area (Å²) in [5.74, 6) is -0.525. The summed E-state index contributed by atoms with van der Waals surface area (Å²) < 4.78 is 4.71. The second kappa shape index (κ2) is 5.38. The van der Waals surface area contributed by atoms with Gasteiger partial charge in [0, 0.05) is 16.8 Å². The van der Waals surface area contributed by atoms with Crippen LogP contribution in [0, 0.1) is 0 Å². The predicted octanol–water partition coefficient (Wildman–Crippen LogP) is 3.84. The van der Waals surface area contributed by atoms with E-state index in [0.29, 0.717) is 21.3 Å². The summed E-state index contributed by atoms with van der Waals surface area (Å²) in [5, 5.41) is 0.858. The Kier molecular flexibility index (Phi) is 3.84. The standard InChI is InChI=1S/C13H9Cl2NO2/c1-18-13(17)11-10(15)5-6-16-12(11)8-3-2-4-9(14)7-8/h2-7H,1H3. The van der Waals surface area contributed by atoms with Crippen LogP contribution in [0.15, 0.2) is 36.5 Å². The Bertz CT molecular complexity index is 599. The Balaban J connectivity index is 2.64. The Morgan fingerprint density at radius 2 is 2.06 bits per heavy atom. The van der Waals surface area contributed by atoms with E-state index < -0.39 is 5.97 Å². The van der Waals surface area contributed by atoms with Gasteiger partial charge in [-0.2, -0.15) is 0 Å². The highest BCUT2D eigenvalue weighted by Crippen LogP contribution is 2.29. The second-order valence-electron chi connectivity index (χ2n) is 3.52. The van der Waals surface area contributed by atoms with Crippen molar-refractivity contribution in [2.45, 2.75) is 0 Å². The van der Waals surface area contributed by atoms with E-state index in [2.05, 4.69) is 4.98 Å². The van der Waals surface area contributed by atoms with E-state index in [1.165, 1.54) is 13.3 Å². The maximum atomic E-state index is 11.7. The fourth-order valence-corrected chi connectivity index (χ4v) is 2.00. The van der Waals surface area contributed by atoms with Crippen LogP contribution < -0.4 is 0 Å². The van der Waals surface area contributed by atoms with Crippen molar-refractivity contribution >= 4 is 29.2 Å². The summed E-state index contributed by atoms with van der Waals surface area (Å²) >= 11 is 11.9. The van der Waals surface area contributed by atoms with E-state index >= 15 is 0 Å². The van der Waals surface area contributed by atoms with Crippen molar-refractivity contribution in [2.75, 3.05) is 7.11 Å². The molecule has 0 atom stereocenters. The molecule has 0 unspecified atom stereocenters. The van der Waals surface area contributed by atoms with E-state index in [4.69, 9.17) is 27.9 Å². The fraction of sp³-hybridized carbons (Fsp3) is 0.0769. The molecule has 1 aromatic carbocycles. The largest absolute Gasteiger partial charge is 0.465 e. The third kappa shape index (κ3) is 2.47. The fourth-order valence-electron chi connectivity index (χ4n) is 1.59. The number of halogens is 2. The topological polar surface area (TPSA) is 39.2 Å². The van der Waals surface area contributed by atoms with E-state index in [0.717, 1.165) is 0 Å². The zero-order chi connectivity index (χ0) is 13.1. The number of nitrogens with zero attached hydrogens (tertiary/aromatic N) is 1. The lowest BCUT2D eigenvalue weighted by molar-refractivity contribution is 0.0601. The molecule has 5 heteroatoms. The molecule has 0 radical (unpaired) electrons. The Morgan fingerprint density at radius 1 is 1.28 bits per heavy atom. The second-order valence-corrected chi connectivity index (χ2v) is 4.36. The normalized spacial score (nSPS) is 10.2. The zero-order valence-corrected chi connectivity index (χ0v) is 11.0. The van der Waals surface area contributed by atoms with Crippen molar-refractivity contribution < 1.29 is 9.53 Å². The highest BCUT2D eigenvalue weighted by Gasteiger charge is 2.18. The minimum absolute atomic E-state index is 0.240. The molecule has 3 nitrogen and oxygen atoms in total. The van der Waals surface area contributed by atoms with E-state index in [1.807, 2.05) is 0 Å². The minimum Gasteiger partial charge on any atom is -0.465 e. The van der Waals surface area contributed by atoms with Gasteiger partial charge in [-0.05, 0) is 18.2 Å². The molecule has 2 rings (SSSR count). The molecule has 0 spiro atoms. The van der Waals surface area contributed by atoms with Crippen molar-refractivity contribution in [3.63, 3.8) is 0 Å². The van der Waals surface area contributed by atoms with Crippen LogP contribution in [0.25, 0.3) is 11.3 Å². The first-order valence-corrected chi connectivity index (χ1v) is 5.88. The van der Waals surface area contributed by atoms with Crippen LogP contribution in [0.4, 0.5) is 0 Å². The molecular formula is C13H9Cl2NO2. The molecule has 1 aromatic heterocycles. The maximum absolute atomic E-state index is 11.7. The molecule has 1 heterocycles. The quantitative estimate of drug-likeness (QED) is 0.785. The smallest absolute Gasteiger partial charge is 0.341 e. The first-order chi connectivity index (χ1) is 8.63. The van der Waals surface area contributed by atoms with Crippen LogP contribution in [0.5, 0.6) is 0 Å². The molecule has 0 amide bonds. The average molecular weight is 282 g/mol. The van der Waals surface area contributed by atoms with Crippen LogP contribution in [0.1, 0.15) is 10.4 Å². The van der Waals surface area contributed by atoms with Crippen molar-refractivity contribution in [1.82, 2.24) is 4.98 Å². The maximum Gasteiger partial charge on any atom is 0.341 e. The number of ether oxygens (including phenoxy) is 1. The molecule has 2 aromatic rings. The first kappa shape index (κ1) is 12.9. The number of benzene rings is 1. The summed E-state index contributed by atoms with van der Waals surface area (Å²) in [6.07, 6.45) is 1.53. The van der Waals surface area contributed by atoms with E-state index in [1.54, 1.807) is 30.3 Å². The van der Waals surface area contributed by atoms with Gasteiger partial charge in [0.2, 0.25) is 0 Å². The average Bonchev–Trinajstić information content (AvgIpc) is 2.37. The van der Waals surface area contributed by atoms with Gasteiger partial charge in [-0.1, -0.05) is 35.3 Å². The van der Waals surface area contributed by atoms with Crippen LogP contribution >= 0.6 is 23.2 Å². The number of carbonyl (C=O) groups excluding carboxylic acids is 1. The van der Waals surface area contributed by atoms with Crippen molar-refractivity contribution in [1.29, 1.82) is 0 Å². The molecule has 0 aliphatic carbocycles. The Labute approximate surface area is 114 Å². The van der Waals surface area contributed by atoms with E-state index in [-0.39, 0.29) is 5.56 Å². The highest BCUT2D eigenvalue weighted by molar-refractivity contribution is 6.34. The number of rotatable bonds is 2. The highest BCUT2D eigenvalue weighted by atomic mass is 35.5. The number of esters is 1. The van der Waals surface area contributed by atoms with Crippen molar-refractivity contribution in [2.24, 2.45) is 0 Å². The monoisotopic (exact) mass is 281 g/mol. The summed E-state index contributed by atoms with van der Waals surface area (Å²) in [6.45, 7) is 0. The number of methoxy groups -OCH3 is 1. The SMILES string of the molecule is COC(=O)c1c(Cl)ccnc1-c1cccc(Cl)c1. The lowest BCUT2D eigenvalue weighted by atomic mass is 10.1.